The fourth-order valence-electron chi connectivity index (χ4n) is 0.879. The monoisotopic (exact) mass is 221 g/mol. The lowest BCUT2D eigenvalue weighted by Crippen LogP contribution is -2.48. The lowest BCUT2D eigenvalue weighted by Gasteiger charge is -2.24. The molecule has 0 bridgehead atoms. The summed E-state index contributed by atoms with van der Waals surface area (Å²) in [5.41, 5.74) is 0. The molecule has 15 heavy (non-hydrogen) atoms. The van der Waals surface area contributed by atoms with Crippen LogP contribution in [-0.2, 0) is 9.59 Å². The molecular weight excluding hydrogens is 206 g/mol. The Balaban J connectivity index is 4.11. The van der Waals surface area contributed by atoms with E-state index >= 15 is 0 Å². The Morgan fingerprint density at radius 1 is 1.27 bits per heavy atom. The molecule has 0 heterocycles. The van der Waals surface area contributed by atoms with E-state index in [4.69, 9.17) is 10.2 Å². The summed E-state index contributed by atoms with van der Waals surface area (Å²) in [6.45, 7) is 0.939. The highest BCUT2D eigenvalue weighted by molar-refractivity contribution is 5.72. The summed E-state index contributed by atoms with van der Waals surface area (Å²) in [6.07, 6.45) is -6.69. The van der Waals surface area contributed by atoms with Crippen LogP contribution in [-0.4, -0.2) is 63.6 Å². The van der Waals surface area contributed by atoms with E-state index in [1.807, 2.05) is 0 Å². The minimum atomic E-state index is -1.79. The Morgan fingerprint density at radius 2 is 1.80 bits per heavy atom. The summed E-state index contributed by atoms with van der Waals surface area (Å²) in [7, 11) is 0. The molecule has 5 N–H and O–H groups in total. The SMILES string of the molecule is CC(=O)NC[C@@H](O)[C@H](O)[C@H](O)[C@@H](O)C=O. The maximum Gasteiger partial charge on any atom is 0.216 e. The second-order valence-corrected chi connectivity index (χ2v) is 3.11. The molecule has 7 nitrogen and oxygen atoms in total. The molecule has 0 aromatic carbocycles. The predicted molar refractivity (Wildman–Crippen MR) is 48.8 cm³/mol. The van der Waals surface area contributed by atoms with Gasteiger partial charge in [-0.25, -0.2) is 0 Å². The molecular formula is C8H15NO6. The summed E-state index contributed by atoms with van der Waals surface area (Å²) in [5.74, 6) is -0.410. The van der Waals surface area contributed by atoms with Gasteiger partial charge in [0.25, 0.3) is 0 Å². The van der Waals surface area contributed by atoms with Gasteiger partial charge in [-0.1, -0.05) is 0 Å². The number of hydrogen-bond acceptors (Lipinski definition) is 6. The minimum absolute atomic E-state index is 0.0407. The fraction of sp³-hybridized carbons (Fsp3) is 0.750. The van der Waals surface area contributed by atoms with Gasteiger partial charge in [0.2, 0.25) is 5.91 Å². The smallest absolute Gasteiger partial charge is 0.216 e. The molecule has 0 radical (unpaired) electrons. The van der Waals surface area contributed by atoms with Crippen molar-refractivity contribution in [2.24, 2.45) is 0 Å². The van der Waals surface area contributed by atoms with Crippen LogP contribution in [0.3, 0.4) is 0 Å². The molecule has 0 aliphatic rings. The summed E-state index contributed by atoms with van der Waals surface area (Å²) >= 11 is 0. The zero-order valence-corrected chi connectivity index (χ0v) is 8.20. The first-order valence-corrected chi connectivity index (χ1v) is 4.32. The maximum absolute atomic E-state index is 10.5. The van der Waals surface area contributed by atoms with Crippen molar-refractivity contribution in [3.63, 3.8) is 0 Å². The molecule has 0 spiro atoms. The van der Waals surface area contributed by atoms with Crippen LogP contribution in [0.2, 0.25) is 0 Å². The molecule has 4 atom stereocenters. The Kier molecular flexibility index (Phi) is 6.02. The average Bonchev–Trinajstić information content (AvgIpc) is 2.22. The van der Waals surface area contributed by atoms with Crippen LogP contribution < -0.4 is 5.32 Å². The number of aliphatic hydroxyl groups is 4. The van der Waals surface area contributed by atoms with Crippen LogP contribution in [0.4, 0.5) is 0 Å². The second kappa shape index (κ2) is 6.46. The van der Waals surface area contributed by atoms with Crippen LogP contribution in [0.15, 0.2) is 0 Å². The second-order valence-electron chi connectivity index (χ2n) is 3.11. The molecule has 88 valence electrons. The molecule has 0 aliphatic heterocycles. The van der Waals surface area contributed by atoms with Crippen LogP contribution >= 0.6 is 0 Å². The third-order valence-electron chi connectivity index (χ3n) is 1.79. The van der Waals surface area contributed by atoms with E-state index in [1.54, 1.807) is 0 Å². The van der Waals surface area contributed by atoms with Gasteiger partial charge in [-0.05, 0) is 0 Å². The topological polar surface area (TPSA) is 127 Å². The van der Waals surface area contributed by atoms with Gasteiger partial charge in [0.15, 0.2) is 6.29 Å². The first-order valence-electron chi connectivity index (χ1n) is 4.32. The molecule has 0 saturated heterocycles. The van der Waals surface area contributed by atoms with E-state index in [2.05, 4.69) is 5.32 Å². The van der Waals surface area contributed by atoms with E-state index < -0.39 is 30.3 Å². The van der Waals surface area contributed by atoms with Gasteiger partial charge in [0.05, 0.1) is 6.10 Å². The third kappa shape index (κ3) is 4.84. The van der Waals surface area contributed by atoms with Crippen molar-refractivity contribution in [1.29, 1.82) is 0 Å². The van der Waals surface area contributed by atoms with E-state index in [-0.39, 0.29) is 12.8 Å². The molecule has 7 heteroatoms. The van der Waals surface area contributed by atoms with Crippen molar-refractivity contribution in [3.8, 4) is 0 Å². The third-order valence-corrected chi connectivity index (χ3v) is 1.79. The van der Waals surface area contributed by atoms with E-state index in [0.29, 0.717) is 0 Å². The molecule has 0 aromatic rings. The molecule has 0 unspecified atom stereocenters. The molecule has 0 saturated carbocycles. The zero-order chi connectivity index (χ0) is 12.0. The van der Waals surface area contributed by atoms with Gasteiger partial charge in [0.1, 0.15) is 18.3 Å². The normalized spacial score (nSPS) is 18.7. The van der Waals surface area contributed by atoms with Crippen molar-refractivity contribution in [2.45, 2.75) is 31.3 Å². The van der Waals surface area contributed by atoms with E-state index in [0.717, 1.165) is 0 Å². The first kappa shape index (κ1) is 14.0. The predicted octanol–water partition coefficient (Wildman–Crippen LogP) is -3.24. The first-order chi connectivity index (χ1) is 6.90. The quantitative estimate of drug-likeness (QED) is 0.300. The largest absolute Gasteiger partial charge is 0.388 e. The number of nitrogens with one attached hydrogen (secondary N) is 1. The molecule has 0 aliphatic carbocycles. The molecule has 0 aromatic heterocycles. The van der Waals surface area contributed by atoms with Crippen LogP contribution in [0.5, 0.6) is 0 Å². The Hall–Kier alpha value is -1.02. The highest BCUT2D eigenvalue weighted by Gasteiger charge is 2.29. The number of rotatable bonds is 6. The van der Waals surface area contributed by atoms with Crippen molar-refractivity contribution >= 4 is 12.2 Å². The van der Waals surface area contributed by atoms with Gasteiger partial charge in [0, 0.05) is 13.5 Å². The van der Waals surface area contributed by atoms with Crippen molar-refractivity contribution in [3.05, 3.63) is 0 Å². The van der Waals surface area contributed by atoms with E-state index in [9.17, 15) is 19.8 Å². The van der Waals surface area contributed by atoms with Gasteiger partial charge < -0.3 is 30.5 Å². The minimum Gasteiger partial charge on any atom is -0.388 e. The van der Waals surface area contributed by atoms with Crippen molar-refractivity contribution in [1.82, 2.24) is 5.32 Å². The molecule has 0 fully saturated rings. The average molecular weight is 221 g/mol. The number of hydrogen-bond donors (Lipinski definition) is 5. The van der Waals surface area contributed by atoms with Gasteiger partial charge in [-0.3, -0.25) is 4.79 Å². The molecule has 1 amide bonds. The highest BCUT2D eigenvalue weighted by atomic mass is 16.4. The summed E-state index contributed by atoms with van der Waals surface area (Å²) in [6, 6.07) is 0. The number of aldehydes is 1. The van der Waals surface area contributed by atoms with Gasteiger partial charge in [-0.15, -0.1) is 0 Å². The summed E-state index contributed by atoms with van der Waals surface area (Å²) in [4.78, 5) is 20.5. The number of carbonyl (C=O) groups excluding carboxylic acids is 2. The van der Waals surface area contributed by atoms with Gasteiger partial charge >= 0.3 is 0 Å². The van der Waals surface area contributed by atoms with Crippen LogP contribution in [0, 0.1) is 0 Å². The lowest BCUT2D eigenvalue weighted by atomic mass is 10.0. The van der Waals surface area contributed by atoms with Gasteiger partial charge in [-0.2, -0.15) is 0 Å². The van der Waals surface area contributed by atoms with Crippen LogP contribution in [0.1, 0.15) is 6.92 Å². The van der Waals surface area contributed by atoms with E-state index in [1.165, 1.54) is 6.92 Å². The fourth-order valence-corrected chi connectivity index (χ4v) is 0.879. The number of aliphatic hydroxyl groups excluding tert-OH is 4. The zero-order valence-electron chi connectivity index (χ0n) is 8.20. The summed E-state index contributed by atoms with van der Waals surface area (Å²) in [5, 5.41) is 38.6. The van der Waals surface area contributed by atoms with Crippen molar-refractivity contribution in [2.75, 3.05) is 6.54 Å². The Morgan fingerprint density at radius 3 is 2.20 bits per heavy atom. The Bertz CT molecular complexity index is 221. The Labute approximate surface area is 86.3 Å². The van der Waals surface area contributed by atoms with Crippen molar-refractivity contribution < 1.29 is 30.0 Å². The molecule has 0 rings (SSSR count). The van der Waals surface area contributed by atoms with Crippen LogP contribution in [0.25, 0.3) is 0 Å². The number of carbonyl (C=O) groups is 2. The highest BCUT2D eigenvalue weighted by Crippen LogP contribution is 2.03. The standard InChI is InChI=1S/C8H15NO6/c1-4(11)9-2-5(12)7(14)8(15)6(13)3-10/h3,5-8,12-15H,2H2,1H3,(H,9,11)/t5-,6+,7+,8-/m1/s1. The summed E-state index contributed by atoms with van der Waals surface area (Å²) < 4.78 is 0. The maximum atomic E-state index is 10.5. The number of amides is 1. The lowest BCUT2D eigenvalue weighted by molar-refractivity contribution is -0.134.